The minimum atomic E-state index is -4.81. The highest BCUT2D eigenvalue weighted by molar-refractivity contribution is 6.15. The van der Waals surface area contributed by atoms with E-state index < -0.39 is 24.3 Å². The normalized spacial score (nSPS) is 14.6. The first-order valence-electron chi connectivity index (χ1n) is 3.65. The second kappa shape index (κ2) is 4.30. The predicted molar refractivity (Wildman–Crippen MR) is 40.7 cm³/mol. The molecular weight excluding hydrogens is 245 g/mol. The molecule has 0 bridgehead atoms. The van der Waals surface area contributed by atoms with Crippen LogP contribution in [0.1, 0.15) is 12.0 Å². The summed E-state index contributed by atoms with van der Waals surface area (Å²) in [5, 5.41) is 3.16. The minimum absolute atomic E-state index is 0.236. The molecule has 9 heteroatoms. The Hall–Kier alpha value is -0.920. The van der Waals surface area contributed by atoms with Gasteiger partial charge in [0.2, 0.25) is 6.17 Å². The SMILES string of the molecule is FC(F)C(F)(F)C(F)c1ncn(CCl)n1. The fraction of sp³-hybridized carbons (Fsp3) is 0.667. The summed E-state index contributed by atoms with van der Waals surface area (Å²) in [6, 6.07) is -0.236. The molecule has 1 aromatic heterocycles. The molecule has 0 radical (unpaired) electrons. The third-order valence-electron chi connectivity index (χ3n) is 1.53. The molecule has 0 N–H and O–H groups in total. The van der Waals surface area contributed by atoms with Crippen molar-refractivity contribution >= 4 is 11.6 Å². The molecule has 1 heterocycles. The van der Waals surface area contributed by atoms with Gasteiger partial charge in [-0.05, 0) is 0 Å². The van der Waals surface area contributed by atoms with E-state index in [4.69, 9.17) is 11.6 Å². The highest BCUT2D eigenvalue weighted by Gasteiger charge is 2.52. The molecule has 0 spiro atoms. The lowest BCUT2D eigenvalue weighted by Crippen LogP contribution is -2.32. The average molecular weight is 250 g/mol. The molecule has 1 rings (SSSR count). The van der Waals surface area contributed by atoms with Crippen molar-refractivity contribution in [1.29, 1.82) is 0 Å². The van der Waals surface area contributed by atoms with Crippen molar-refractivity contribution in [1.82, 2.24) is 14.8 Å². The number of hydrogen-bond donors (Lipinski definition) is 0. The second-order valence-corrected chi connectivity index (χ2v) is 2.84. The van der Waals surface area contributed by atoms with Gasteiger partial charge in [-0.2, -0.15) is 13.9 Å². The highest BCUT2D eigenvalue weighted by Crippen LogP contribution is 2.37. The topological polar surface area (TPSA) is 30.7 Å². The average Bonchev–Trinajstić information content (AvgIpc) is 2.64. The van der Waals surface area contributed by atoms with Gasteiger partial charge in [-0.15, -0.1) is 11.6 Å². The van der Waals surface area contributed by atoms with Gasteiger partial charge in [-0.1, -0.05) is 0 Å². The molecule has 3 nitrogen and oxygen atoms in total. The second-order valence-electron chi connectivity index (χ2n) is 2.60. The smallest absolute Gasteiger partial charge is 0.238 e. The van der Waals surface area contributed by atoms with Crippen LogP contribution in [0.3, 0.4) is 0 Å². The van der Waals surface area contributed by atoms with E-state index in [9.17, 15) is 22.0 Å². The summed E-state index contributed by atoms with van der Waals surface area (Å²) in [4.78, 5) is 3.11. The van der Waals surface area contributed by atoms with Crippen molar-refractivity contribution in [2.24, 2.45) is 0 Å². The Labute approximate surface area is 85.8 Å². The Morgan fingerprint density at radius 2 is 2.00 bits per heavy atom. The molecule has 86 valence electrons. The summed E-state index contributed by atoms with van der Waals surface area (Å²) >= 11 is 5.22. The molecule has 0 saturated heterocycles. The summed E-state index contributed by atoms with van der Waals surface area (Å²) < 4.78 is 62.2. The van der Waals surface area contributed by atoms with Crippen molar-refractivity contribution in [3.63, 3.8) is 0 Å². The van der Waals surface area contributed by atoms with E-state index in [1.807, 2.05) is 0 Å². The molecule has 0 aliphatic rings. The van der Waals surface area contributed by atoms with Crippen LogP contribution in [0.2, 0.25) is 0 Å². The maximum atomic E-state index is 12.9. The molecule has 1 aromatic rings. The molecule has 0 amide bonds. The van der Waals surface area contributed by atoms with Crippen molar-refractivity contribution in [3.05, 3.63) is 12.2 Å². The molecule has 1 atom stereocenters. The van der Waals surface area contributed by atoms with Crippen molar-refractivity contribution in [2.75, 3.05) is 0 Å². The maximum absolute atomic E-state index is 12.9. The summed E-state index contributed by atoms with van der Waals surface area (Å²) in [6.07, 6.45) is -6.49. The van der Waals surface area contributed by atoms with Crippen LogP contribution in [0.15, 0.2) is 6.33 Å². The first-order valence-corrected chi connectivity index (χ1v) is 4.18. The fourth-order valence-corrected chi connectivity index (χ4v) is 0.881. The maximum Gasteiger partial charge on any atom is 0.345 e. The van der Waals surface area contributed by atoms with Crippen LogP contribution in [0.25, 0.3) is 0 Å². The quantitative estimate of drug-likeness (QED) is 0.606. The molecule has 1 unspecified atom stereocenters. The van der Waals surface area contributed by atoms with Gasteiger partial charge in [-0.25, -0.2) is 22.8 Å². The van der Waals surface area contributed by atoms with Gasteiger partial charge in [0.1, 0.15) is 12.3 Å². The molecule has 0 saturated carbocycles. The number of aromatic nitrogens is 3. The third-order valence-corrected chi connectivity index (χ3v) is 1.78. The zero-order valence-electron chi connectivity index (χ0n) is 7.05. The van der Waals surface area contributed by atoms with E-state index in [1.54, 1.807) is 0 Å². The van der Waals surface area contributed by atoms with Gasteiger partial charge in [0.15, 0.2) is 5.82 Å². The fourth-order valence-electron chi connectivity index (χ4n) is 0.765. The van der Waals surface area contributed by atoms with Crippen LogP contribution in [0.5, 0.6) is 0 Å². The van der Waals surface area contributed by atoms with Crippen molar-refractivity contribution < 1.29 is 22.0 Å². The van der Waals surface area contributed by atoms with E-state index in [-0.39, 0.29) is 6.00 Å². The molecule has 0 aliphatic heterocycles. The van der Waals surface area contributed by atoms with Crippen LogP contribution in [-0.2, 0) is 6.00 Å². The lowest BCUT2D eigenvalue weighted by atomic mass is 10.2. The van der Waals surface area contributed by atoms with Gasteiger partial charge < -0.3 is 0 Å². The monoisotopic (exact) mass is 249 g/mol. The molecule has 0 aromatic carbocycles. The summed E-state index contributed by atoms with van der Waals surface area (Å²) in [7, 11) is 0. The standard InChI is InChI=1S/C6H5ClF5N3/c7-1-15-2-13-4(14-15)3(8)6(11,12)5(9)10/h2-3,5H,1H2. The van der Waals surface area contributed by atoms with Gasteiger partial charge in [0.25, 0.3) is 0 Å². The molecular formula is C6H5ClF5N3. The number of alkyl halides is 6. The van der Waals surface area contributed by atoms with Gasteiger partial charge in [0.05, 0.1) is 0 Å². The van der Waals surface area contributed by atoms with Gasteiger partial charge in [0, 0.05) is 0 Å². The van der Waals surface area contributed by atoms with Crippen LogP contribution in [0.4, 0.5) is 22.0 Å². The molecule has 15 heavy (non-hydrogen) atoms. The van der Waals surface area contributed by atoms with Crippen LogP contribution in [0, 0.1) is 0 Å². The number of hydrogen-bond acceptors (Lipinski definition) is 2. The molecule has 0 aliphatic carbocycles. The van der Waals surface area contributed by atoms with Crippen molar-refractivity contribution in [2.45, 2.75) is 24.5 Å². The Kier molecular flexibility index (Phi) is 3.48. The van der Waals surface area contributed by atoms with E-state index in [1.165, 1.54) is 0 Å². The summed E-state index contributed by atoms with van der Waals surface area (Å²) in [5.74, 6) is -5.82. The summed E-state index contributed by atoms with van der Waals surface area (Å²) in [5.41, 5.74) is 0. The minimum Gasteiger partial charge on any atom is -0.238 e. The number of nitrogens with zero attached hydrogens (tertiary/aromatic N) is 3. The molecule has 0 fully saturated rings. The Bertz CT molecular complexity index is 328. The first kappa shape index (κ1) is 12.2. The first-order chi connectivity index (χ1) is 6.89. The van der Waals surface area contributed by atoms with E-state index in [0.717, 1.165) is 11.0 Å². The van der Waals surface area contributed by atoms with Gasteiger partial charge >= 0.3 is 12.3 Å². The lowest BCUT2D eigenvalue weighted by molar-refractivity contribution is -0.174. The Morgan fingerprint density at radius 1 is 1.40 bits per heavy atom. The lowest BCUT2D eigenvalue weighted by Gasteiger charge is -2.16. The van der Waals surface area contributed by atoms with Crippen LogP contribution < -0.4 is 0 Å². The Morgan fingerprint density at radius 3 is 2.40 bits per heavy atom. The van der Waals surface area contributed by atoms with Gasteiger partial charge in [-0.3, -0.25) is 0 Å². The zero-order valence-corrected chi connectivity index (χ0v) is 7.80. The highest BCUT2D eigenvalue weighted by atomic mass is 35.5. The predicted octanol–water partition coefficient (Wildman–Crippen LogP) is 2.39. The van der Waals surface area contributed by atoms with Crippen LogP contribution in [-0.4, -0.2) is 27.1 Å². The van der Waals surface area contributed by atoms with Crippen LogP contribution >= 0.6 is 11.6 Å². The third kappa shape index (κ3) is 2.36. The zero-order chi connectivity index (χ0) is 11.6. The van der Waals surface area contributed by atoms with E-state index in [0.29, 0.717) is 0 Å². The van der Waals surface area contributed by atoms with Crippen molar-refractivity contribution in [3.8, 4) is 0 Å². The number of rotatable bonds is 4. The number of halogens is 6. The summed E-state index contributed by atoms with van der Waals surface area (Å²) in [6.45, 7) is 0. The van der Waals surface area contributed by atoms with E-state index >= 15 is 0 Å². The largest absolute Gasteiger partial charge is 0.345 e. The Balaban J connectivity index is 2.88. The van der Waals surface area contributed by atoms with E-state index in [2.05, 4.69) is 10.1 Å².